The smallest absolute Gasteiger partial charge is 0.306 e. The molecule has 2 aromatic heterocycles. The van der Waals surface area contributed by atoms with E-state index in [-0.39, 0.29) is 12.5 Å². The van der Waals surface area contributed by atoms with Crippen molar-refractivity contribution in [3.8, 4) is 0 Å². The molecule has 4 rings (SSSR count). The van der Waals surface area contributed by atoms with Gasteiger partial charge in [-0.2, -0.15) is 0 Å². The summed E-state index contributed by atoms with van der Waals surface area (Å²) in [4.78, 5) is 44.6. The zero-order valence-corrected chi connectivity index (χ0v) is 17.3. The Balaban J connectivity index is 1.70. The summed E-state index contributed by atoms with van der Waals surface area (Å²) in [5.74, 6) is -0.331. The van der Waals surface area contributed by atoms with Gasteiger partial charge in [0.2, 0.25) is 5.91 Å². The standard InChI is InChI=1S/C23H21N3O3S/c1-2-18-13-19-21(30-18)24-23(29)26(22(19)28)15-20(27)25(17-11-7-4-8-12-17)14-16-9-5-3-6-10-16/h3-13H,2,14-15H2,1H3,(H,24,29). The molecule has 2 aromatic carbocycles. The van der Waals surface area contributed by atoms with Gasteiger partial charge in [0.05, 0.1) is 11.9 Å². The number of thiophene rings is 1. The van der Waals surface area contributed by atoms with Crippen LogP contribution in [0, 0.1) is 0 Å². The van der Waals surface area contributed by atoms with Gasteiger partial charge in [-0.15, -0.1) is 11.3 Å². The Labute approximate surface area is 177 Å². The summed E-state index contributed by atoms with van der Waals surface area (Å²) < 4.78 is 0.984. The summed E-state index contributed by atoms with van der Waals surface area (Å²) in [6.07, 6.45) is 0.776. The number of benzene rings is 2. The molecule has 4 aromatic rings. The van der Waals surface area contributed by atoms with Gasteiger partial charge in [-0.1, -0.05) is 55.5 Å². The average molecular weight is 420 g/mol. The SMILES string of the molecule is CCc1cc2c(=O)n(CC(=O)N(Cc3ccccc3)c3ccccc3)c(=O)[nH]c2s1. The maximum atomic E-state index is 13.2. The molecule has 0 unspecified atom stereocenters. The molecular weight excluding hydrogens is 398 g/mol. The van der Waals surface area contributed by atoms with Crippen LogP contribution in [-0.2, 0) is 24.3 Å². The minimum absolute atomic E-state index is 0.330. The van der Waals surface area contributed by atoms with Gasteiger partial charge in [-0.25, -0.2) is 4.79 Å². The minimum Gasteiger partial charge on any atom is -0.306 e. The Morgan fingerprint density at radius 2 is 1.70 bits per heavy atom. The van der Waals surface area contributed by atoms with Crippen molar-refractivity contribution in [1.82, 2.24) is 9.55 Å². The largest absolute Gasteiger partial charge is 0.329 e. The summed E-state index contributed by atoms with van der Waals surface area (Å²) in [5.41, 5.74) is 0.654. The van der Waals surface area contributed by atoms with Crippen LogP contribution in [0.25, 0.3) is 10.2 Å². The number of hydrogen-bond donors (Lipinski definition) is 1. The minimum atomic E-state index is -0.571. The van der Waals surface area contributed by atoms with Crippen LogP contribution in [0.3, 0.4) is 0 Å². The van der Waals surface area contributed by atoms with Crippen LogP contribution in [0.1, 0.15) is 17.4 Å². The molecule has 0 bridgehead atoms. The second-order valence-electron chi connectivity index (χ2n) is 6.93. The van der Waals surface area contributed by atoms with Crippen LogP contribution in [0.4, 0.5) is 5.69 Å². The van der Waals surface area contributed by atoms with Gasteiger partial charge in [-0.05, 0) is 30.2 Å². The highest BCUT2D eigenvalue weighted by Crippen LogP contribution is 2.21. The van der Waals surface area contributed by atoms with E-state index in [0.29, 0.717) is 22.4 Å². The molecule has 152 valence electrons. The number of nitrogens with zero attached hydrogens (tertiary/aromatic N) is 2. The van der Waals surface area contributed by atoms with Gasteiger partial charge in [-0.3, -0.25) is 19.1 Å². The Hall–Kier alpha value is -3.45. The van der Waals surface area contributed by atoms with Gasteiger partial charge in [0.25, 0.3) is 5.56 Å². The third-order valence-corrected chi connectivity index (χ3v) is 6.11. The number of rotatable bonds is 6. The van der Waals surface area contributed by atoms with E-state index in [0.717, 1.165) is 21.4 Å². The number of carbonyl (C=O) groups is 1. The number of para-hydroxylation sites is 1. The van der Waals surface area contributed by atoms with Gasteiger partial charge in [0.1, 0.15) is 11.4 Å². The van der Waals surface area contributed by atoms with Crippen molar-refractivity contribution in [3.63, 3.8) is 0 Å². The van der Waals surface area contributed by atoms with Crippen molar-refractivity contribution in [3.05, 3.63) is 98.0 Å². The summed E-state index contributed by atoms with van der Waals surface area (Å²) in [6.45, 7) is 2.01. The maximum absolute atomic E-state index is 13.2. The van der Waals surface area contributed by atoms with Crippen LogP contribution in [-0.4, -0.2) is 15.5 Å². The van der Waals surface area contributed by atoms with E-state index in [1.807, 2.05) is 67.6 Å². The van der Waals surface area contributed by atoms with E-state index in [4.69, 9.17) is 0 Å². The molecule has 0 fully saturated rings. The fourth-order valence-electron chi connectivity index (χ4n) is 3.33. The van der Waals surface area contributed by atoms with Crippen LogP contribution in [0.2, 0.25) is 0 Å². The lowest BCUT2D eigenvalue weighted by Crippen LogP contribution is -2.42. The van der Waals surface area contributed by atoms with Gasteiger partial charge in [0.15, 0.2) is 0 Å². The summed E-state index contributed by atoms with van der Waals surface area (Å²) in [6, 6.07) is 20.6. The molecule has 2 heterocycles. The first-order valence-electron chi connectivity index (χ1n) is 9.71. The molecule has 0 aliphatic carbocycles. The Morgan fingerprint density at radius 1 is 1.03 bits per heavy atom. The van der Waals surface area contributed by atoms with Gasteiger partial charge >= 0.3 is 5.69 Å². The third-order valence-electron chi connectivity index (χ3n) is 4.92. The van der Waals surface area contributed by atoms with E-state index >= 15 is 0 Å². The zero-order valence-electron chi connectivity index (χ0n) is 16.5. The Bertz CT molecular complexity index is 1290. The zero-order chi connectivity index (χ0) is 21.1. The lowest BCUT2D eigenvalue weighted by molar-refractivity contribution is -0.119. The maximum Gasteiger partial charge on any atom is 0.329 e. The first kappa shape index (κ1) is 19.8. The second-order valence-corrected chi connectivity index (χ2v) is 8.07. The number of hydrogen-bond acceptors (Lipinski definition) is 4. The molecule has 1 N–H and O–H groups in total. The predicted octanol–water partition coefficient (Wildman–Crippen LogP) is 3.55. The van der Waals surface area contributed by atoms with Crippen molar-refractivity contribution < 1.29 is 4.79 Å². The average Bonchev–Trinajstić information content (AvgIpc) is 3.19. The molecule has 1 amide bonds. The van der Waals surface area contributed by atoms with Crippen LogP contribution >= 0.6 is 11.3 Å². The molecule has 0 atom stereocenters. The third kappa shape index (κ3) is 3.97. The molecule has 7 heteroatoms. The Morgan fingerprint density at radius 3 is 2.37 bits per heavy atom. The normalized spacial score (nSPS) is 11.0. The van der Waals surface area contributed by atoms with E-state index in [9.17, 15) is 14.4 Å². The van der Waals surface area contributed by atoms with Crippen molar-refractivity contribution >= 4 is 33.1 Å². The molecular formula is C23H21N3O3S. The number of aromatic amines is 1. The number of aryl methyl sites for hydroxylation is 1. The van der Waals surface area contributed by atoms with Gasteiger partial charge < -0.3 is 4.90 Å². The number of nitrogens with one attached hydrogen (secondary N) is 1. The number of anilines is 1. The highest BCUT2D eigenvalue weighted by molar-refractivity contribution is 7.18. The molecule has 0 spiro atoms. The highest BCUT2D eigenvalue weighted by Gasteiger charge is 2.20. The lowest BCUT2D eigenvalue weighted by Gasteiger charge is -2.23. The Kier molecular flexibility index (Phi) is 5.63. The predicted molar refractivity (Wildman–Crippen MR) is 120 cm³/mol. The molecule has 0 radical (unpaired) electrons. The number of amides is 1. The number of fused-ring (bicyclic) bond motifs is 1. The van der Waals surface area contributed by atoms with E-state index < -0.39 is 11.2 Å². The highest BCUT2D eigenvalue weighted by atomic mass is 32.1. The van der Waals surface area contributed by atoms with Crippen LogP contribution in [0.5, 0.6) is 0 Å². The van der Waals surface area contributed by atoms with Crippen molar-refractivity contribution in [2.24, 2.45) is 0 Å². The number of H-pyrrole nitrogens is 1. The topological polar surface area (TPSA) is 75.2 Å². The van der Waals surface area contributed by atoms with Gasteiger partial charge in [0, 0.05) is 10.6 Å². The van der Waals surface area contributed by atoms with Crippen LogP contribution < -0.4 is 16.1 Å². The molecule has 6 nitrogen and oxygen atoms in total. The van der Waals surface area contributed by atoms with E-state index in [1.54, 1.807) is 11.0 Å². The summed E-state index contributed by atoms with van der Waals surface area (Å²) in [7, 11) is 0. The number of aromatic nitrogens is 2. The van der Waals surface area contributed by atoms with Crippen molar-refractivity contribution in [2.75, 3.05) is 4.90 Å². The molecule has 0 saturated carbocycles. The fraction of sp³-hybridized carbons (Fsp3) is 0.174. The first-order valence-corrected chi connectivity index (χ1v) is 10.5. The molecule has 0 saturated heterocycles. The molecule has 0 aliphatic rings. The van der Waals surface area contributed by atoms with Crippen molar-refractivity contribution in [1.29, 1.82) is 0 Å². The quantitative estimate of drug-likeness (QED) is 0.519. The van der Waals surface area contributed by atoms with E-state index in [1.165, 1.54) is 11.3 Å². The summed E-state index contributed by atoms with van der Waals surface area (Å²) in [5, 5.41) is 0.443. The van der Waals surface area contributed by atoms with E-state index in [2.05, 4.69) is 4.98 Å². The monoisotopic (exact) mass is 419 g/mol. The van der Waals surface area contributed by atoms with Crippen LogP contribution in [0.15, 0.2) is 76.3 Å². The van der Waals surface area contributed by atoms with Crippen molar-refractivity contribution in [2.45, 2.75) is 26.4 Å². The lowest BCUT2D eigenvalue weighted by atomic mass is 10.2. The molecule has 0 aliphatic heterocycles. The number of carbonyl (C=O) groups excluding carboxylic acids is 1. The first-order chi connectivity index (χ1) is 14.6. The summed E-state index contributed by atoms with van der Waals surface area (Å²) >= 11 is 1.39. The second kappa shape index (κ2) is 8.51. The molecule has 30 heavy (non-hydrogen) atoms. The fourth-order valence-corrected chi connectivity index (χ4v) is 4.31.